The summed E-state index contributed by atoms with van der Waals surface area (Å²) in [6.07, 6.45) is 0.985. The van der Waals surface area contributed by atoms with Crippen molar-refractivity contribution in [3.8, 4) is 0 Å². The molecule has 0 radical (unpaired) electrons. The van der Waals surface area contributed by atoms with Gasteiger partial charge in [0.15, 0.2) is 0 Å². The molecule has 7 heteroatoms. The third-order valence-electron chi connectivity index (χ3n) is 3.71. The third-order valence-corrected chi connectivity index (χ3v) is 3.71. The fourth-order valence-corrected chi connectivity index (χ4v) is 2.51. The number of hydrogen-bond donors (Lipinski definition) is 1. The highest BCUT2D eigenvalue weighted by atomic mass is 19.4. The van der Waals surface area contributed by atoms with Crippen LogP contribution in [-0.4, -0.2) is 11.1 Å². The summed E-state index contributed by atoms with van der Waals surface area (Å²) in [6.45, 7) is 0. The predicted molar refractivity (Wildman–Crippen MR) is 84.2 cm³/mol. The van der Waals surface area contributed by atoms with Crippen LogP contribution in [0.25, 0.3) is 0 Å². The monoisotopic (exact) mass is 332 g/mol. The molecule has 1 aromatic carbocycles. The van der Waals surface area contributed by atoms with Gasteiger partial charge < -0.3 is 5.73 Å². The van der Waals surface area contributed by atoms with E-state index >= 15 is 0 Å². The van der Waals surface area contributed by atoms with Crippen LogP contribution in [0.1, 0.15) is 56.9 Å². The Labute approximate surface area is 134 Å². The number of benzene rings is 1. The van der Waals surface area contributed by atoms with Crippen molar-refractivity contribution in [2.45, 2.75) is 64.0 Å². The molecule has 0 aliphatic carbocycles. The number of rotatable bonds is 10. The molecule has 0 spiro atoms. The zero-order valence-electron chi connectivity index (χ0n) is 13.1. The SMILES string of the molecule is Nc1ccc([N+](=O)[O-])c(CCCCCCCCCC(F)(F)F)c1. The predicted octanol–water partition coefficient (Wildman–Crippen LogP) is 5.40. The van der Waals surface area contributed by atoms with Crippen LogP contribution in [0.2, 0.25) is 0 Å². The fourth-order valence-electron chi connectivity index (χ4n) is 2.51. The molecule has 0 unspecified atom stereocenters. The molecular weight excluding hydrogens is 309 g/mol. The van der Waals surface area contributed by atoms with E-state index in [0.29, 0.717) is 24.1 Å². The number of unbranched alkanes of at least 4 members (excludes halogenated alkanes) is 6. The Kier molecular flexibility index (Phi) is 7.85. The number of nitro benzene ring substituents is 1. The molecule has 0 saturated heterocycles. The van der Waals surface area contributed by atoms with E-state index in [-0.39, 0.29) is 12.1 Å². The molecule has 0 atom stereocenters. The Bertz CT molecular complexity index is 505. The molecule has 2 N–H and O–H groups in total. The van der Waals surface area contributed by atoms with Crippen molar-refractivity contribution in [1.82, 2.24) is 0 Å². The van der Waals surface area contributed by atoms with Crippen molar-refractivity contribution in [1.29, 1.82) is 0 Å². The Hall–Kier alpha value is -1.79. The molecular formula is C16H23F3N2O2. The molecule has 0 aromatic heterocycles. The van der Waals surface area contributed by atoms with Crippen LogP contribution >= 0.6 is 0 Å². The highest BCUT2D eigenvalue weighted by Crippen LogP contribution is 2.24. The van der Waals surface area contributed by atoms with Gasteiger partial charge in [0.2, 0.25) is 0 Å². The maximum atomic E-state index is 12.0. The van der Waals surface area contributed by atoms with E-state index in [9.17, 15) is 23.3 Å². The van der Waals surface area contributed by atoms with Gasteiger partial charge in [-0.1, -0.05) is 32.1 Å². The molecule has 0 bridgehead atoms. The molecule has 0 heterocycles. The van der Waals surface area contributed by atoms with E-state index in [1.807, 2.05) is 0 Å². The quantitative estimate of drug-likeness (QED) is 0.270. The maximum absolute atomic E-state index is 12.0. The Morgan fingerprint density at radius 1 is 1.00 bits per heavy atom. The van der Waals surface area contributed by atoms with E-state index in [2.05, 4.69) is 0 Å². The number of nitro groups is 1. The van der Waals surface area contributed by atoms with Gasteiger partial charge in [-0.2, -0.15) is 13.2 Å². The topological polar surface area (TPSA) is 69.2 Å². The average molecular weight is 332 g/mol. The van der Waals surface area contributed by atoms with E-state index in [1.165, 1.54) is 12.1 Å². The molecule has 4 nitrogen and oxygen atoms in total. The van der Waals surface area contributed by atoms with Crippen LogP contribution in [0.4, 0.5) is 24.5 Å². The van der Waals surface area contributed by atoms with Gasteiger partial charge in [0, 0.05) is 23.7 Å². The second-order valence-electron chi connectivity index (χ2n) is 5.74. The number of hydrogen-bond acceptors (Lipinski definition) is 3. The minimum Gasteiger partial charge on any atom is -0.399 e. The summed E-state index contributed by atoms with van der Waals surface area (Å²) >= 11 is 0. The second-order valence-corrected chi connectivity index (χ2v) is 5.74. The Morgan fingerprint density at radius 2 is 1.57 bits per heavy atom. The largest absolute Gasteiger partial charge is 0.399 e. The van der Waals surface area contributed by atoms with Crippen LogP contribution in [0.15, 0.2) is 18.2 Å². The third kappa shape index (κ3) is 8.42. The van der Waals surface area contributed by atoms with Crippen LogP contribution in [0, 0.1) is 10.1 Å². The van der Waals surface area contributed by atoms with Crippen molar-refractivity contribution >= 4 is 11.4 Å². The standard InChI is InChI=1S/C16H23F3N2O2/c17-16(18,19)11-7-5-3-1-2-4-6-8-13-12-14(20)9-10-15(13)21(22)23/h9-10,12H,1-8,11,20H2. The van der Waals surface area contributed by atoms with Gasteiger partial charge in [0.05, 0.1) is 4.92 Å². The number of nitrogens with zero attached hydrogens (tertiary/aromatic N) is 1. The highest BCUT2D eigenvalue weighted by Gasteiger charge is 2.25. The first-order valence-corrected chi connectivity index (χ1v) is 7.89. The molecule has 23 heavy (non-hydrogen) atoms. The number of nitrogens with two attached hydrogens (primary N) is 1. The van der Waals surface area contributed by atoms with E-state index < -0.39 is 17.5 Å². The smallest absolute Gasteiger partial charge is 0.389 e. The summed E-state index contributed by atoms with van der Waals surface area (Å²) < 4.78 is 35.9. The normalized spacial score (nSPS) is 11.6. The first-order valence-electron chi connectivity index (χ1n) is 7.89. The molecule has 1 aromatic rings. The van der Waals surface area contributed by atoms with Gasteiger partial charge >= 0.3 is 6.18 Å². The van der Waals surface area contributed by atoms with Gasteiger partial charge in [-0.05, 0) is 31.4 Å². The summed E-state index contributed by atoms with van der Waals surface area (Å²) in [4.78, 5) is 10.5. The van der Waals surface area contributed by atoms with Crippen molar-refractivity contribution < 1.29 is 18.1 Å². The van der Waals surface area contributed by atoms with Crippen LogP contribution in [0.3, 0.4) is 0 Å². The molecule has 0 saturated carbocycles. The molecule has 130 valence electrons. The van der Waals surface area contributed by atoms with Gasteiger partial charge in [-0.3, -0.25) is 10.1 Å². The maximum Gasteiger partial charge on any atom is 0.389 e. The number of anilines is 1. The minimum atomic E-state index is -4.05. The summed E-state index contributed by atoms with van der Waals surface area (Å²) in [5, 5.41) is 10.9. The van der Waals surface area contributed by atoms with Gasteiger partial charge in [0.1, 0.15) is 0 Å². The van der Waals surface area contributed by atoms with Crippen molar-refractivity contribution in [3.05, 3.63) is 33.9 Å². The van der Waals surface area contributed by atoms with Crippen LogP contribution in [0.5, 0.6) is 0 Å². The molecule has 0 aliphatic heterocycles. The fraction of sp³-hybridized carbons (Fsp3) is 0.625. The van der Waals surface area contributed by atoms with Crippen molar-refractivity contribution in [3.63, 3.8) is 0 Å². The Balaban J connectivity index is 2.16. The van der Waals surface area contributed by atoms with Gasteiger partial charge in [-0.25, -0.2) is 0 Å². The molecule has 1 rings (SSSR count). The average Bonchev–Trinajstić information content (AvgIpc) is 2.44. The molecule has 0 aliphatic rings. The first-order chi connectivity index (χ1) is 10.8. The first kappa shape index (κ1) is 19.3. The number of halogens is 3. The number of alkyl halides is 3. The Morgan fingerprint density at radius 3 is 2.13 bits per heavy atom. The number of aryl methyl sites for hydroxylation is 1. The second kappa shape index (κ2) is 9.37. The van der Waals surface area contributed by atoms with E-state index in [4.69, 9.17) is 5.73 Å². The lowest BCUT2D eigenvalue weighted by Gasteiger charge is -2.06. The summed E-state index contributed by atoms with van der Waals surface area (Å²) in [5.74, 6) is 0. The van der Waals surface area contributed by atoms with Crippen LogP contribution < -0.4 is 5.73 Å². The molecule has 0 fully saturated rings. The van der Waals surface area contributed by atoms with Gasteiger partial charge in [-0.15, -0.1) is 0 Å². The van der Waals surface area contributed by atoms with Crippen molar-refractivity contribution in [2.24, 2.45) is 0 Å². The van der Waals surface area contributed by atoms with E-state index in [0.717, 1.165) is 32.1 Å². The lowest BCUT2D eigenvalue weighted by atomic mass is 10.0. The summed E-state index contributed by atoms with van der Waals surface area (Å²) in [5.41, 5.74) is 6.89. The molecule has 0 amide bonds. The lowest BCUT2D eigenvalue weighted by molar-refractivity contribution is -0.385. The van der Waals surface area contributed by atoms with Crippen molar-refractivity contribution in [2.75, 3.05) is 5.73 Å². The minimum absolute atomic E-state index is 0.0892. The summed E-state index contributed by atoms with van der Waals surface area (Å²) in [6, 6.07) is 4.57. The highest BCUT2D eigenvalue weighted by molar-refractivity contribution is 5.51. The zero-order valence-corrected chi connectivity index (χ0v) is 13.1. The summed E-state index contributed by atoms with van der Waals surface area (Å²) in [7, 11) is 0. The zero-order chi connectivity index (χ0) is 17.3. The lowest BCUT2D eigenvalue weighted by Crippen LogP contribution is -2.06. The number of nitrogen functional groups attached to an aromatic ring is 1. The van der Waals surface area contributed by atoms with Crippen LogP contribution in [-0.2, 0) is 6.42 Å². The van der Waals surface area contributed by atoms with Gasteiger partial charge in [0.25, 0.3) is 5.69 Å². The van der Waals surface area contributed by atoms with E-state index in [1.54, 1.807) is 6.07 Å².